The van der Waals surface area contributed by atoms with Crippen molar-refractivity contribution in [1.82, 2.24) is 5.32 Å². The summed E-state index contributed by atoms with van der Waals surface area (Å²) < 4.78 is 5.09. The normalized spacial score (nSPS) is 21.3. The molecule has 2 atom stereocenters. The van der Waals surface area contributed by atoms with Gasteiger partial charge in [-0.3, -0.25) is 4.79 Å². The molecule has 0 bridgehead atoms. The van der Waals surface area contributed by atoms with Crippen LogP contribution in [0.25, 0.3) is 0 Å². The van der Waals surface area contributed by atoms with Crippen molar-refractivity contribution in [3.63, 3.8) is 0 Å². The number of ketones is 1. The minimum Gasteiger partial charge on any atom is -0.466 e. The molecule has 1 aromatic heterocycles. The molecule has 2 heterocycles. The number of allylic oxidation sites excluding steroid dienone is 3. The maximum atomic E-state index is 13.4. The molecule has 0 amide bonds. The molecule has 0 fully saturated rings. The summed E-state index contributed by atoms with van der Waals surface area (Å²) in [6.07, 6.45) is 1.22. The maximum absolute atomic E-state index is 13.4. The van der Waals surface area contributed by atoms with Crippen LogP contribution in [0.5, 0.6) is 0 Å². The Kier molecular flexibility index (Phi) is 5.52. The van der Waals surface area contributed by atoms with Crippen molar-refractivity contribution in [2.45, 2.75) is 31.6 Å². The number of hydrogen-bond acceptors (Lipinski definition) is 6. The summed E-state index contributed by atoms with van der Waals surface area (Å²) in [5.41, 5.74) is 4.88. The van der Waals surface area contributed by atoms with Gasteiger partial charge in [-0.05, 0) is 42.5 Å². The number of methoxy groups -OCH3 is 1. The number of dihydropyridines is 1. The molecule has 2 aliphatic rings. The summed E-state index contributed by atoms with van der Waals surface area (Å²) in [5.74, 6) is -0.547. The van der Waals surface area contributed by atoms with Crippen LogP contribution in [-0.4, -0.2) is 33.0 Å². The molecular formula is C24H26N2O3S. The molecule has 0 unspecified atom stereocenters. The van der Waals surface area contributed by atoms with Crippen molar-refractivity contribution in [2.24, 2.45) is 0 Å². The van der Waals surface area contributed by atoms with Gasteiger partial charge in [0.1, 0.15) is 0 Å². The standard InChI is InChI=1S/C24H26N2O3S/c1-14-21(24(28)29-4)22(15-7-9-17(10-8-15)26(2)3)23-18(25-14)12-16(13-19(23)27)20-6-5-11-30-20/h5-11,16,22,25H,12-13H2,1-4H3/t16-,22-/m1/s1. The van der Waals surface area contributed by atoms with Crippen molar-refractivity contribution < 1.29 is 14.3 Å². The predicted molar refractivity (Wildman–Crippen MR) is 120 cm³/mol. The van der Waals surface area contributed by atoms with E-state index in [-0.39, 0.29) is 11.7 Å². The Balaban J connectivity index is 1.80. The number of anilines is 1. The van der Waals surface area contributed by atoms with E-state index in [1.165, 1.54) is 12.0 Å². The Morgan fingerprint density at radius 2 is 1.90 bits per heavy atom. The lowest BCUT2D eigenvalue weighted by Gasteiger charge is -2.36. The SMILES string of the molecule is COC(=O)C1=C(C)NC2=C(C(=O)C[C@H](c3cccs3)C2)[C@@H]1c1ccc(N(C)C)cc1. The molecule has 0 saturated carbocycles. The second-order valence-electron chi connectivity index (χ2n) is 8.01. The first-order valence-electron chi connectivity index (χ1n) is 10.0. The van der Waals surface area contributed by atoms with Crippen molar-refractivity contribution in [3.05, 3.63) is 74.8 Å². The number of benzene rings is 1. The van der Waals surface area contributed by atoms with E-state index in [0.717, 1.165) is 29.1 Å². The fourth-order valence-corrected chi connectivity index (χ4v) is 5.27. The van der Waals surface area contributed by atoms with E-state index in [2.05, 4.69) is 11.4 Å². The van der Waals surface area contributed by atoms with Crippen LogP contribution in [0.2, 0.25) is 0 Å². The summed E-state index contributed by atoms with van der Waals surface area (Å²) in [4.78, 5) is 29.3. The fraction of sp³-hybridized carbons (Fsp3) is 0.333. The zero-order valence-corrected chi connectivity index (χ0v) is 18.5. The van der Waals surface area contributed by atoms with Crippen molar-refractivity contribution in [3.8, 4) is 0 Å². The monoisotopic (exact) mass is 422 g/mol. The Hall–Kier alpha value is -2.86. The van der Waals surface area contributed by atoms with Gasteiger partial charge in [0, 0.05) is 59.9 Å². The first-order valence-corrected chi connectivity index (χ1v) is 10.9. The van der Waals surface area contributed by atoms with Crippen LogP contribution in [0, 0.1) is 0 Å². The quantitative estimate of drug-likeness (QED) is 0.743. The molecule has 1 aliphatic heterocycles. The van der Waals surface area contributed by atoms with Crippen LogP contribution in [0.3, 0.4) is 0 Å². The molecule has 0 saturated heterocycles. The van der Waals surface area contributed by atoms with E-state index in [4.69, 9.17) is 4.74 Å². The van der Waals surface area contributed by atoms with E-state index in [0.29, 0.717) is 17.6 Å². The van der Waals surface area contributed by atoms with Crippen LogP contribution in [0.15, 0.2) is 64.3 Å². The van der Waals surface area contributed by atoms with Gasteiger partial charge in [0.2, 0.25) is 0 Å². The first-order chi connectivity index (χ1) is 14.4. The molecule has 1 aromatic carbocycles. The third-order valence-corrected chi connectivity index (χ3v) is 6.96. The van der Waals surface area contributed by atoms with Gasteiger partial charge in [-0.15, -0.1) is 11.3 Å². The summed E-state index contributed by atoms with van der Waals surface area (Å²) in [6.45, 7) is 1.89. The zero-order valence-electron chi connectivity index (χ0n) is 17.7. The molecule has 6 heteroatoms. The highest BCUT2D eigenvalue weighted by Crippen LogP contribution is 2.46. The number of Topliss-reactive ketones (excluding diaryl/α,β-unsaturated/α-hetero) is 1. The molecule has 5 nitrogen and oxygen atoms in total. The predicted octanol–water partition coefficient (Wildman–Crippen LogP) is 4.35. The third-order valence-electron chi connectivity index (χ3n) is 5.92. The highest BCUT2D eigenvalue weighted by Gasteiger charge is 2.41. The Morgan fingerprint density at radius 3 is 2.50 bits per heavy atom. The molecule has 0 radical (unpaired) electrons. The number of esters is 1. The van der Waals surface area contributed by atoms with Crippen LogP contribution in [-0.2, 0) is 14.3 Å². The highest BCUT2D eigenvalue weighted by molar-refractivity contribution is 7.10. The number of carbonyl (C=O) groups excluding carboxylic acids is 2. The van der Waals surface area contributed by atoms with Crippen LogP contribution < -0.4 is 10.2 Å². The lowest BCUT2D eigenvalue weighted by molar-refractivity contribution is -0.136. The molecule has 0 spiro atoms. The largest absolute Gasteiger partial charge is 0.466 e. The van der Waals surface area contributed by atoms with Crippen LogP contribution in [0.4, 0.5) is 5.69 Å². The minimum atomic E-state index is -0.415. The number of hydrogen-bond donors (Lipinski definition) is 1. The molecule has 1 aliphatic carbocycles. The third kappa shape index (κ3) is 3.56. The van der Waals surface area contributed by atoms with Gasteiger partial charge in [0.25, 0.3) is 0 Å². The van der Waals surface area contributed by atoms with E-state index in [1.807, 2.05) is 61.6 Å². The first kappa shape index (κ1) is 20.4. The fourth-order valence-electron chi connectivity index (χ4n) is 4.44. The van der Waals surface area contributed by atoms with E-state index in [1.54, 1.807) is 11.3 Å². The van der Waals surface area contributed by atoms with E-state index >= 15 is 0 Å². The number of ether oxygens (including phenoxy) is 1. The average molecular weight is 423 g/mol. The van der Waals surface area contributed by atoms with Gasteiger partial charge in [-0.2, -0.15) is 0 Å². The van der Waals surface area contributed by atoms with Gasteiger partial charge < -0.3 is 15.0 Å². The topological polar surface area (TPSA) is 58.6 Å². The number of nitrogens with one attached hydrogen (secondary N) is 1. The van der Waals surface area contributed by atoms with Gasteiger partial charge in [0.05, 0.1) is 12.7 Å². The second kappa shape index (κ2) is 8.11. The zero-order chi connectivity index (χ0) is 21.4. The average Bonchev–Trinajstić information content (AvgIpc) is 3.27. The molecule has 4 rings (SSSR count). The van der Waals surface area contributed by atoms with Crippen LogP contribution in [0.1, 0.15) is 42.0 Å². The Labute approximate surface area is 181 Å². The summed E-state index contributed by atoms with van der Waals surface area (Å²) in [6, 6.07) is 12.2. The number of carbonyl (C=O) groups is 2. The molecule has 156 valence electrons. The highest BCUT2D eigenvalue weighted by atomic mass is 32.1. The molecule has 2 aromatic rings. The second-order valence-corrected chi connectivity index (χ2v) is 8.99. The lowest BCUT2D eigenvalue weighted by Crippen LogP contribution is -2.35. The summed E-state index contributed by atoms with van der Waals surface area (Å²) in [5, 5.41) is 5.42. The number of thiophene rings is 1. The Morgan fingerprint density at radius 1 is 1.17 bits per heavy atom. The summed E-state index contributed by atoms with van der Waals surface area (Å²) >= 11 is 1.69. The molecular weight excluding hydrogens is 396 g/mol. The van der Waals surface area contributed by atoms with Crippen molar-refractivity contribution >= 4 is 28.8 Å². The van der Waals surface area contributed by atoms with Crippen molar-refractivity contribution in [2.75, 3.05) is 26.1 Å². The van der Waals surface area contributed by atoms with Gasteiger partial charge in [-0.25, -0.2) is 4.79 Å². The molecule has 1 N–H and O–H groups in total. The van der Waals surface area contributed by atoms with E-state index in [9.17, 15) is 9.59 Å². The Bertz CT molecular complexity index is 1030. The van der Waals surface area contributed by atoms with Gasteiger partial charge in [0.15, 0.2) is 5.78 Å². The van der Waals surface area contributed by atoms with Gasteiger partial charge in [-0.1, -0.05) is 18.2 Å². The van der Waals surface area contributed by atoms with Crippen molar-refractivity contribution in [1.29, 1.82) is 0 Å². The van der Waals surface area contributed by atoms with E-state index < -0.39 is 11.9 Å². The van der Waals surface area contributed by atoms with Gasteiger partial charge >= 0.3 is 5.97 Å². The smallest absolute Gasteiger partial charge is 0.336 e. The van der Waals surface area contributed by atoms with Crippen LogP contribution >= 0.6 is 11.3 Å². The number of rotatable bonds is 4. The minimum absolute atomic E-state index is 0.0951. The molecule has 30 heavy (non-hydrogen) atoms. The maximum Gasteiger partial charge on any atom is 0.336 e. The number of nitrogens with zero attached hydrogens (tertiary/aromatic N) is 1. The summed E-state index contributed by atoms with van der Waals surface area (Å²) in [7, 11) is 5.35. The lowest BCUT2D eigenvalue weighted by atomic mass is 9.72.